The lowest BCUT2D eigenvalue weighted by atomic mass is 10.2. The number of rotatable bonds is 2. The molecular weight excluding hydrogens is 399 g/mol. The topological polar surface area (TPSA) is 52.0 Å². The van der Waals surface area contributed by atoms with Gasteiger partial charge in [0, 0.05) is 5.39 Å². The normalized spacial score (nSPS) is 12.0. The fourth-order valence-electron chi connectivity index (χ4n) is 2.16. The number of fused-ring (bicyclic) bond motifs is 1. The summed E-state index contributed by atoms with van der Waals surface area (Å²) in [5.41, 5.74) is 2.63. The van der Waals surface area contributed by atoms with E-state index in [0.717, 1.165) is 20.6 Å². The molecule has 0 aliphatic carbocycles. The van der Waals surface area contributed by atoms with Crippen molar-refractivity contribution in [2.45, 2.75) is 18.7 Å². The first-order valence-corrected chi connectivity index (χ1v) is 8.88. The van der Waals surface area contributed by atoms with Crippen LogP contribution in [0.1, 0.15) is 11.1 Å². The highest BCUT2D eigenvalue weighted by Gasteiger charge is 2.22. The van der Waals surface area contributed by atoms with Crippen LogP contribution in [-0.2, 0) is 10.0 Å². The minimum absolute atomic E-state index is 0.246. The Morgan fingerprint density at radius 2 is 1.62 bits per heavy atom. The van der Waals surface area contributed by atoms with Crippen LogP contribution in [0, 0.1) is 17.5 Å². The maximum absolute atomic E-state index is 12.8. The fourth-order valence-corrected chi connectivity index (χ4v) is 4.25. The molecule has 0 aliphatic rings. The Kier molecular flexibility index (Phi) is 3.53. The summed E-state index contributed by atoms with van der Waals surface area (Å²) in [5.74, 6) is 0. The van der Waals surface area contributed by atoms with E-state index >= 15 is 0 Å². The SMILES string of the molecule is Cc1ccc(S(=O)(=O)n2nc(I)c3ccc(C)cc32)cc1. The second-order valence-corrected chi connectivity index (χ2v) is 7.76. The van der Waals surface area contributed by atoms with E-state index in [4.69, 9.17) is 0 Å². The minimum Gasteiger partial charge on any atom is -0.199 e. The van der Waals surface area contributed by atoms with Gasteiger partial charge in [-0.1, -0.05) is 23.8 Å². The van der Waals surface area contributed by atoms with Crippen LogP contribution < -0.4 is 0 Å². The van der Waals surface area contributed by atoms with Gasteiger partial charge in [-0.05, 0) is 66.3 Å². The predicted octanol–water partition coefficient (Wildman–Crippen LogP) is 3.49. The van der Waals surface area contributed by atoms with Crippen molar-refractivity contribution in [3.8, 4) is 0 Å². The number of aromatic nitrogens is 2. The summed E-state index contributed by atoms with van der Waals surface area (Å²) >= 11 is 2.06. The Hall–Kier alpha value is -1.41. The molecule has 3 rings (SSSR count). The van der Waals surface area contributed by atoms with Crippen LogP contribution in [-0.4, -0.2) is 17.6 Å². The molecule has 0 aliphatic heterocycles. The Labute approximate surface area is 137 Å². The molecule has 1 aromatic heterocycles. The molecule has 0 amide bonds. The van der Waals surface area contributed by atoms with E-state index in [2.05, 4.69) is 27.7 Å². The Morgan fingerprint density at radius 3 is 2.29 bits per heavy atom. The van der Waals surface area contributed by atoms with Crippen molar-refractivity contribution >= 4 is 43.5 Å². The highest BCUT2D eigenvalue weighted by Crippen LogP contribution is 2.25. The number of hydrogen-bond donors (Lipinski definition) is 0. The Bertz CT molecular complexity index is 928. The number of nitrogens with zero attached hydrogens (tertiary/aromatic N) is 2. The first kappa shape index (κ1) is 14.5. The van der Waals surface area contributed by atoms with Crippen molar-refractivity contribution < 1.29 is 8.42 Å². The highest BCUT2D eigenvalue weighted by atomic mass is 127. The quantitative estimate of drug-likeness (QED) is 0.606. The van der Waals surface area contributed by atoms with Gasteiger partial charge in [0.05, 0.1) is 10.4 Å². The lowest BCUT2D eigenvalue weighted by molar-refractivity contribution is 0.582. The number of benzene rings is 2. The zero-order valence-electron chi connectivity index (χ0n) is 11.5. The van der Waals surface area contributed by atoms with Gasteiger partial charge in [-0.2, -0.15) is 17.6 Å². The van der Waals surface area contributed by atoms with E-state index in [1.54, 1.807) is 24.3 Å². The predicted molar refractivity (Wildman–Crippen MR) is 90.9 cm³/mol. The molecule has 4 nitrogen and oxygen atoms in total. The first-order valence-electron chi connectivity index (χ1n) is 6.37. The lowest BCUT2D eigenvalue weighted by Gasteiger charge is -2.06. The van der Waals surface area contributed by atoms with E-state index in [-0.39, 0.29) is 4.90 Å². The van der Waals surface area contributed by atoms with Gasteiger partial charge >= 0.3 is 0 Å². The average Bonchev–Trinajstić information content (AvgIpc) is 2.76. The summed E-state index contributed by atoms with van der Waals surface area (Å²) in [6.07, 6.45) is 0. The van der Waals surface area contributed by atoms with Crippen LogP contribution >= 0.6 is 22.6 Å². The largest absolute Gasteiger partial charge is 0.283 e. The molecule has 0 N–H and O–H groups in total. The molecule has 0 bridgehead atoms. The van der Waals surface area contributed by atoms with Gasteiger partial charge in [-0.15, -0.1) is 0 Å². The molecule has 0 fully saturated rings. The first-order chi connectivity index (χ1) is 9.89. The Morgan fingerprint density at radius 1 is 1.00 bits per heavy atom. The summed E-state index contributed by atoms with van der Waals surface area (Å²) in [4.78, 5) is 0.246. The van der Waals surface area contributed by atoms with Gasteiger partial charge in [0.25, 0.3) is 10.0 Å². The second kappa shape index (κ2) is 5.10. The zero-order chi connectivity index (χ0) is 15.2. The fraction of sp³-hybridized carbons (Fsp3) is 0.133. The molecule has 0 unspecified atom stereocenters. The van der Waals surface area contributed by atoms with Crippen molar-refractivity contribution in [3.05, 3.63) is 57.3 Å². The van der Waals surface area contributed by atoms with Crippen LogP contribution in [0.25, 0.3) is 10.9 Å². The summed E-state index contributed by atoms with van der Waals surface area (Å²) in [5, 5.41) is 5.06. The average molecular weight is 412 g/mol. The summed E-state index contributed by atoms with van der Waals surface area (Å²) in [7, 11) is -3.68. The smallest absolute Gasteiger partial charge is 0.199 e. The molecule has 0 spiro atoms. The summed E-state index contributed by atoms with van der Waals surface area (Å²) < 4.78 is 27.4. The van der Waals surface area contributed by atoms with Crippen molar-refractivity contribution in [1.82, 2.24) is 9.19 Å². The van der Waals surface area contributed by atoms with Crippen LogP contribution in [0.4, 0.5) is 0 Å². The van der Waals surface area contributed by atoms with Crippen molar-refractivity contribution in [1.29, 1.82) is 0 Å². The van der Waals surface area contributed by atoms with Crippen LogP contribution in [0.5, 0.6) is 0 Å². The number of aryl methyl sites for hydroxylation is 2. The molecule has 0 radical (unpaired) electrons. The summed E-state index contributed by atoms with van der Waals surface area (Å²) in [6.45, 7) is 3.86. The maximum atomic E-state index is 12.8. The van der Waals surface area contributed by atoms with E-state index < -0.39 is 10.0 Å². The highest BCUT2D eigenvalue weighted by molar-refractivity contribution is 14.1. The Balaban J connectivity index is 2.28. The molecular formula is C15H13IN2O2S. The number of halogens is 1. The van der Waals surface area contributed by atoms with Gasteiger partial charge in [-0.3, -0.25) is 0 Å². The minimum atomic E-state index is -3.68. The molecule has 2 aromatic carbocycles. The van der Waals surface area contributed by atoms with E-state index in [9.17, 15) is 8.42 Å². The van der Waals surface area contributed by atoms with Crippen LogP contribution in [0.3, 0.4) is 0 Å². The van der Waals surface area contributed by atoms with Gasteiger partial charge in [0.2, 0.25) is 0 Å². The zero-order valence-corrected chi connectivity index (χ0v) is 14.5. The standard InChI is InChI=1S/C15H13IN2O2S/c1-10-3-6-12(7-4-10)21(19,20)18-14-9-11(2)5-8-13(14)15(16)17-18/h3-9H,1-2H3. The third kappa shape index (κ3) is 2.46. The lowest BCUT2D eigenvalue weighted by Crippen LogP contribution is -2.14. The molecule has 0 atom stereocenters. The maximum Gasteiger partial charge on any atom is 0.283 e. The van der Waals surface area contributed by atoms with E-state index in [1.165, 1.54) is 0 Å². The van der Waals surface area contributed by atoms with Crippen molar-refractivity contribution in [2.24, 2.45) is 0 Å². The summed E-state index contributed by atoms with van der Waals surface area (Å²) in [6, 6.07) is 12.5. The van der Waals surface area contributed by atoms with Gasteiger partial charge < -0.3 is 0 Å². The van der Waals surface area contributed by atoms with E-state index in [1.807, 2.05) is 32.0 Å². The van der Waals surface area contributed by atoms with Gasteiger partial charge in [-0.25, -0.2) is 0 Å². The van der Waals surface area contributed by atoms with Crippen molar-refractivity contribution in [2.75, 3.05) is 0 Å². The van der Waals surface area contributed by atoms with Crippen LogP contribution in [0.2, 0.25) is 0 Å². The third-order valence-corrected chi connectivity index (χ3v) is 5.71. The molecule has 0 saturated heterocycles. The molecule has 3 aromatic rings. The van der Waals surface area contributed by atoms with E-state index in [0.29, 0.717) is 9.22 Å². The monoisotopic (exact) mass is 412 g/mol. The van der Waals surface area contributed by atoms with Gasteiger partial charge in [0.1, 0.15) is 3.70 Å². The second-order valence-electron chi connectivity index (χ2n) is 4.97. The molecule has 108 valence electrons. The number of hydrogen-bond acceptors (Lipinski definition) is 3. The molecule has 6 heteroatoms. The van der Waals surface area contributed by atoms with Crippen LogP contribution in [0.15, 0.2) is 47.4 Å². The third-order valence-electron chi connectivity index (χ3n) is 3.31. The van der Waals surface area contributed by atoms with Gasteiger partial charge in [0.15, 0.2) is 0 Å². The molecule has 0 saturated carbocycles. The van der Waals surface area contributed by atoms with Crippen molar-refractivity contribution in [3.63, 3.8) is 0 Å². The molecule has 21 heavy (non-hydrogen) atoms. The molecule has 1 heterocycles.